The fourth-order valence-electron chi connectivity index (χ4n) is 3.34. The number of nitrogens with zero attached hydrogens (tertiary/aromatic N) is 1. The Bertz CT molecular complexity index is 1160. The molecule has 150 valence electrons. The van der Waals surface area contributed by atoms with Gasteiger partial charge in [0.1, 0.15) is 12.4 Å². The van der Waals surface area contributed by atoms with Crippen LogP contribution < -0.4 is 4.74 Å². The summed E-state index contributed by atoms with van der Waals surface area (Å²) in [5, 5.41) is 10.8. The van der Waals surface area contributed by atoms with Crippen molar-refractivity contribution < 1.29 is 14.5 Å². The van der Waals surface area contributed by atoms with E-state index in [1.54, 1.807) is 12.1 Å². The first-order valence-corrected chi connectivity index (χ1v) is 10.7. The number of halogens is 2. The summed E-state index contributed by atoms with van der Waals surface area (Å²) in [4.78, 5) is 22.9. The highest BCUT2D eigenvalue weighted by molar-refractivity contribution is 9.11. The summed E-state index contributed by atoms with van der Waals surface area (Å²) < 4.78 is 7.39. The quantitative estimate of drug-likeness (QED) is 0.215. The lowest BCUT2D eigenvalue weighted by atomic mass is 10.1. The molecule has 0 bridgehead atoms. The largest absolute Gasteiger partial charge is 0.487 e. The van der Waals surface area contributed by atoms with Crippen molar-refractivity contribution in [1.82, 2.24) is 0 Å². The third-order valence-electron chi connectivity index (χ3n) is 4.83. The standard InChI is InChI=1S/C23H15Br2NO4/c24-20-10-15(9-17-12-16-3-1-2-4-19(16)22(17)27)11-21(25)23(20)30-13-14-5-7-18(8-6-14)26(28)29/h1-11H,12-13H2/b17-9+. The molecule has 1 aliphatic carbocycles. The minimum atomic E-state index is -0.432. The van der Waals surface area contributed by atoms with Crippen molar-refractivity contribution in [3.8, 4) is 5.75 Å². The molecule has 0 spiro atoms. The number of Topliss-reactive ketones (excluding diaryl/α,β-unsaturated/α-hetero) is 1. The highest BCUT2D eigenvalue weighted by atomic mass is 79.9. The monoisotopic (exact) mass is 527 g/mol. The first-order chi connectivity index (χ1) is 14.4. The lowest BCUT2D eigenvalue weighted by Crippen LogP contribution is -1.98. The molecule has 3 aromatic carbocycles. The van der Waals surface area contributed by atoms with Gasteiger partial charge in [-0.25, -0.2) is 0 Å². The molecule has 0 N–H and O–H groups in total. The number of nitro benzene ring substituents is 1. The van der Waals surface area contributed by atoms with Gasteiger partial charge in [-0.15, -0.1) is 0 Å². The second-order valence-electron chi connectivity index (χ2n) is 6.86. The van der Waals surface area contributed by atoms with Crippen LogP contribution in [0.1, 0.15) is 27.0 Å². The summed E-state index contributed by atoms with van der Waals surface area (Å²) >= 11 is 7.07. The van der Waals surface area contributed by atoms with Gasteiger partial charge in [0.05, 0.1) is 13.9 Å². The zero-order chi connectivity index (χ0) is 21.3. The summed E-state index contributed by atoms with van der Waals surface area (Å²) in [6.45, 7) is 0.267. The topological polar surface area (TPSA) is 69.4 Å². The normalized spacial score (nSPS) is 14.1. The van der Waals surface area contributed by atoms with Crippen molar-refractivity contribution in [1.29, 1.82) is 0 Å². The number of fused-ring (bicyclic) bond motifs is 1. The van der Waals surface area contributed by atoms with Crippen LogP contribution in [0.4, 0.5) is 5.69 Å². The Morgan fingerprint density at radius 3 is 2.33 bits per heavy atom. The molecular formula is C23H15Br2NO4. The Labute approximate surface area is 189 Å². The number of carbonyl (C=O) groups is 1. The Kier molecular flexibility index (Phi) is 5.83. The number of rotatable bonds is 5. The summed E-state index contributed by atoms with van der Waals surface area (Å²) in [7, 11) is 0. The van der Waals surface area contributed by atoms with E-state index in [2.05, 4.69) is 31.9 Å². The lowest BCUT2D eigenvalue weighted by Gasteiger charge is -2.12. The summed E-state index contributed by atoms with van der Waals surface area (Å²) in [6, 6.07) is 17.7. The number of allylic oxidation sites excluding steroid dienone is 1. The fraction of sp³-hybridized carbons (Fsp3) is 0.0870. The summed E-state index contributed by atoms with van der Waals surface area (Å²) in [5.74, 6) is 0.688. The fourth-order valence-corrected chi connectivity index (χ4v) is 4.79. The minimum Gasteiger partial charge on any atom is -0.487 e. The molecule has 0 atom stereocenters. The summed E-state index contributed by atoms with van der Waals surface area (Å²) in [5.41, 5.74) is 4.32. The van der Waals surface area contributed by atoms with E-state index in [-0.39, 0.29) is 18.1 Å². The predicted molar refractivity (Wildman–Crippen MR) is 122 cm³/mol. The third kappa shape index (κ3) is 4.22. The molecule has 30 heavy (non-hydrogen) atoms. The van der Waals surface area contributed by atoms with Crippen LogP contribution in [0.15, 0.2) is 75.2 Å². The second kappa shape index (κ2) is 8.53. The van der Waals surface area contributed by atoms with Crippen LogP contribution in [0.5, 0.6) is 5.75 Å². The average Bonchev–Trinajstić information content (AvgIpc) is 3.03. The van der Waals surface area contributed by atoms with Gasteiger partial charge >= 0.3 is 0 Å². The molecule has 0 heterocycles. The van der Waals surface area contributed by atoms with Gasteiger partial charge in [0.15, 0.2) is 5.78 Å². The van der Waals surface area contributed by atoms with Gasteiger partial charge in [-0.2, -0.15) is 0 Å². The number of carbonyl (C=O) groups excluding carboxylic acids is 1. The number of ether oxygens (including phenoxy) is 1. The zero-order valence-electron chi connectivity index (χ0n) is 15.6. The lowest BCUT2D eigenvalue weighted by molar-refractivity contribution is -0.384. The van der Waals surface area contributed by atoms with E-state index in [4.69, 9.17) is 4.74 Å². The molecule has 0 unspecified atom stereocenters. The van der Waals surface area contributed by atoms with E-state index < -0.39 is 4.92 Å². The van der Waals surface area contributed by atoms with Gasteiger partial charge in [-0.1, -0.05) is 24.3 Å². The van der Waals surface area contributed by atoms with Crippen LogP contribution in [0, 0.1) is 10.1 Å². The van der Waals surface area contributed by atoms with Gasteiger partial charge in [0.25, 0.3) is 5.69 Å². The number of hydrogen-bond acceptors (Lipinski definition) is 4. The number of nitro groups is 1. The number of benzene rings is 3. The van der Waals surface area contributed by atoms with Crippen LogP contribution in [0.25, 0.3) is 6.08 Å². The smallest absolute Gasteiger partial charge is 0.269 e. The molecular weight excluding hydrogens is 514 g/mol. The van der Waals surface area contributed by atoms with Crippen LogP contribution in [0.3, 0.4) is 0 Å². The van der Waals surface area contributed by atoms with E-state index in [0.717, 1.165) is 36.8 Å². The zero-order valence-corrected chi connectivity index (χ0v) is 18.8. The van der Waals surface area contributed by atoms with Crippen molar-refractivity contribution in [2.75, 3.05) is 0 Å². The number of ketones is 1. The van der Waals surface area contributed by atoms with Crippen LogP contribution in [-0.2, 0) is 13.0 Å². The van der Waals surface area contributed by atoms with E-state index >= 15 is 0 Å². The molecule has 5 nitrogen and oxygen atoms in total. The van der Waals surface area contributed by atoms with Crippen molar-refractivity contribution in [2.24, 2.45) is 0 Å². The summed E-state index contributed by atoms with van der Waals surface area (Å²) in [6.07, 6.45) is 2.53. The molecule has 3 aromatic rings. The molecule has 7 heteroatoms. The van der Waals surface area contributed by atoms with Crippen molar-refractivity contribution in [3.63, 3.8) is 0 Å². The van der Waals surface area contributed by atoms with Crippen LogP contribution in [-0.4, -0.2) is 10.7 Å². The molecule has 1 aliphatic rings. The Morgan fingerprint density at radius 2 is 1.70 bits per heavy atom. The van der Waals surface area contributed by atoms with E-state index in [1.165, 1.54) is 12.1 Å². The first kappa shape index (κ1) is 20.5. The maximum Gasteiger partial charge on any atom is 0.269 e. The maximum atomic E-state index is 12.6. The predicted octanol–water partition coefficient (Wildman–Crippen LogP) is 6.52. The van der Waals surface area contributed by atoms with Crippen LogP contribution >= 0.6 is 31.9 Å². The SMILES string of the molecule is O=C1/C(=C/c2cc(Br)c(OCc3ccc([N+](=O)[O-])cc3)c(Br)c2)Cc2ccccc21. The second-order valence-corrected chi connectivity index (χ2v) is 8.57. The number of non-ortho nitro benzene ring substituents is 1. The van der Waals surface area contributed by atoms with Crippen molar-refractivity contribution >= 4 is 49.4 Å². The average molecular weight is 529 g/mol. The van der Waals surface area contributed by atoms with Gasteiger partial charge in [0.2, 0.25) is 0 Å². The molecule has 4 rings (SSSR count). The molecule has 0 saturated carbocycles. The van der Waals surface area contributed by atoms with Gasteiger partial charge < -0.3 is 4.74 Å². The molecule has 0 amide bonds. The molecule has 0 aliphatic heterocycles. The minimum absolute atomic E-state index is 0.0436. The molecule has 0 saturated heterocycles. The van der Waals surface area contributed by atoms with Crippen molar-refractivity contribution in [3.05, 3.63) is 108 Å². The van der Waals surface area contributed by atoms with E-state index in [1.807, 2.05) is 42.5 Å². The maximum absolute atomic E-state index is 12.6. The van der Waals surface area contributed by atoms with Gasteiger partial charge in [0, 0.05) is 29.7 Å². The van der Waals surface area contributed by atoms with E-state index in [9.17, 15) is 14.9 Å². The third-order valence-corrected chi connectivity index (χ3v) is 6.00. The Morgan fingerprint density at radius 1 is 1.03 bits per heavy atom. The van der Waals surface area contributed by atoms with Crippen molar-refractivity contribution in [2.45, 2.75) is 13.0 Å². The van der Waals surface area contributed by atoms with Gasteiger partial charge in [-0.05, 0) is 78.9 Å². The molecule has 0 fully saturated rings. The van der Waals surface area contributed by atoms with Gasteiger partial charge in [-0.3, -0.25) is 14.9 Å². The highest BCUT2D eigenvalue weighted by Gasteiger charge is 2.24. The first-order valence-electron chi connectivity index (χ1n) is 9.11. The van der Waals surface area contributed by atoms with Crippen LogP contribution in [0.2, 0.25) is 0 Å². The number of hydrogen-bond donors (Lipinski definition) is 0. The highest BCUT2D eigenvalue weighted by Crippen LogP contribution is 2.37. The molecule has 0 aromatic heterocycles. The molecule has 0 radical (unpaired) electrons. The van der Waals surface area contributed by atoms with E-state index in [0.29, 0.717) is 12.2 Å². The Hall–Kier alpha value is -2.77. The Balaban J connectivity index is 1.51.